The van der Waals surface area contributed by atoms with Crippen molar-refractivity contribution in [3.8, 4) is 0 Å². The Balaban J connectivity index is 2.34. The van der Waals surface area contributed by atoms with Crippen molar-refractivity contribution in [2.24, 2.45) is 17.8 Å². The predicted octanol–water partition coefficient (Wildman–Crippen LogP) is 0.0772. The van der Waals surface area contributed by atoms with Gasteiger partial charge in [-0.3, -0.25) is 9.59 Å². The molecule has 1 fully saturated rings. The van der Waals surface area contributed by atoms with Crippen molar-refractivity contribution in [2.45, 2.75) is 6.42 Å². The van der Waals surface area contributed by atoms with Gasteiger partial charge in [0, 0.05) is 5.92 Å². The topological polar surface area (TPSA) is 60.4 Å². The van der Waals surface area contributed by atoms with Crippen LogP contribution in [0, 0.1) is 17.8 Å². The number of allylic oxidation sites excluding steroid dienone is 2. The predicted molar refractivity (Wildman–Crippen MR) is 41.4 cm³/mol. The van der Waals surface area contributed by atoms with E-state index >= 15 is 0 Å². The highest BCUT2D eigenvalue weighted by Gasteiger charge is 2.48. The standard InChI is InChI=1S/C9H8O4/c10-4-5-2-1-3-6-7(5)9(12)13-8(6)11/h1-2,4-7H,3H2. The first-order valence-corrected chi connectivity index (χ1v) is 4.11. The van der Waals surface area contributed by atoms with E-state index in [1.54, 1.807) is 12.2 Å². The Morgan fingerprint density at radius 1 is 1.38 bits per heavy atom. The number of carbonyl (C=O) groups is 3. The Labute approximate surface area is 74.6 Å². The molecular formula is C9H8O4. The first-order chi connectivity index (χ1) is 6.24. The van der Waals surface area contributed by atoms with E-state index in [2.05, 4.69) is 4.74 Å². The molecule has 0 aromatic rings. The molecule has 68 valence electrons. The normalized spacial score (nSPS) is 37.1. The Morgan fingerprint density at radius 3 is 2.85 bits per heavy atom. The zero-order valence-corrected chi connectivity index (χ0v) is 6.80. The number of fused-ring (bicyclic) bond motifs is 1. The van der Waals surface area contributed by atoms with E-state index in [9.17, 15) is 14.4 Å². The molecule has 4 nitrogen and oxygen atoms in total. The van der Waals surface area contributed by atoms with Crippen molar-refractivity contribution in [1.29, 1.82) is 0 Å². The fourth-order valence-electron chi connectivity index (χ4n) is 1.85. The summed E-state index contributed by atoms with van der Waals surface area (Å²) in [6.45, 7) is 0. The van der Waals surface area contributed by atoms with Crippen LogP contribution in [0.4, 0.5) is 0 Å². The van der Waals surface area contributed by atoms with Gasteiger partial charge < -0.3 is 9.53 Å². The van der Waals surface area contributed by atoms with E-state index in [1.807, 2.05) is 0 Å². The van der Waals surface area contributed by atoms with Crippen LogP contribution in [0.2, 0.25) is 0 Å². The minimum atomic E-state index is -0.574. The lowest BCUT2D eigenvalue weighted by atomic mass is 9.78. The van der Waals surface area contributed by atoms with Gasteiger partial charge in [0.15, 0.2) is 0 Å². The lowest BCUT2D eigenvalue weighted by Gasteiger charge is -2.19. The Bertz CT molecular complexity index is 305. The van der Waals surface area contributed by atoms with Gasteiger partial charge in [-0.1, -0.05) is 12.2 Å². The van der Waals surface area contributed by atoms with Gasteiger partial charge in [0.05, 0.1) is 11.8 Å². The van der Waals surface area contributed by atoms with Crippen LogP contribution in [0.25, 0.3) is 0 Å². The molecule has 3 unspecified atom stereocenters. The number of rotatable bonds is 1. The second-order valence-electron chi connectivity index (χ2n) is 3.25. The van der Waals surface area contributed by atoms with Gasteiger partial charge in [-0.15, -0.1) is 0 Å². The summed E-state index contributed by atoms with van der Waals surface area (Å²) in [6, 6.07) is 0. The maximum absolute atomic E-state index is 11.2. The summed E-state index contributed by atoms with van der Waals surface area (Å²) >= 11 is 0. The highest BCUT2D eigenvalue weighted by molar-refractivity contribution is 5.98. The van der Waals surface area contributed by atoms with Crippen molar-refractivity contribution in [3.05, 3.63) is 12.2 Å². The van der Waals surface area contributed by atoms with Crippen LogP contribution in [-0.2, 0) is 19.1 Å². The highest BCUT2D eigenvalue weighted by atomic mass is 16.6. The number of hydrogen-bond acceptors (Lipinski definition) is 4. The number of carbonyl (C=O) groups excluding carboxylic acids is 3. The molecule has 3 atom stereocenters. The first kappa shape index (κ1) is 8.16. The zero-order valence-electron chi connectivity index (χ0n) is 6.80. The molecular weight excluding hydrogens is 172 g/mol. The smallest absolute Gasteiger partial charge is 0.318 e. The second kappa shape index (κ2) is 2.80. The molecule has 1 aliphatic heterocycles. The van der Waals surface area contributed by atoms with Crippen LogP contribution in [-0.4, -0.2) is 18.2 Å². The van der Waals surface area contributed by atoms with Crippen LogP contribution in [0.1, 0.15) is 6.42 Å². The summed E-state index contributed by atoms with van der Waals surface area (Å²) in [4.78, 5) is 32.8. The van der Waals surface area contributed by atoms with Gasteiger partial charge in [-0.25, -0.2) is 0 Å². The van der Waals surface area contributed by atoms with Gasteiger partial charge in [-0.2, -0.15) is 0 Å². The van der Waals surface area contributed by atoms with Crippen molar-refractivity contribution >= 4 is 18.2 Å². The van der Waals surface area contributed by atoms with E-state index in [4.69, 9.17) is 0 Å². The number of hydrogen-bond donors (Lipinski definition) is 0. The van der Waals surface area contributed by atoms with Crippen LogP contribution in [0.5, 0.6) is 0 Å². The largest absolute Gasteiger partial charge is 0.393 e. The molecule has 2 aliphatic rings. The van der Waals surface area contributed by atoms with Crippen molar-refractivity contribution in [3.63, 3.8) is 0 Å². The first-order valence-electron chi connectivity index (χ1n) is 4.11. The lowest BCUT2D eigenvalue weighted by Crippen LogP contribution is -2.28. The van der Waals surface area contributed by atoms with Crippen LogP contribution in [0.15, 0.2) is 12.2 Å². The molecule has 0 N–H and O–H groups in total. The SMILES string of the molecule is O=CC1C=CCC2C(=O)OC(=O)C12. The van der Waals surface area contributed by atoms with E-state index in [0.29, 0.717) is 12.7 Å². The molecule has 0 aromatic heterocycles. The molecule has 0 spiro atoms. The van der Waals surface area contributed by atoms with Crippen LogP contribution < -0.4 is 0 Å². The van der Waals surface area contributed by atoms with Crippen molar-refractivity contribution in [2.75, 3.05) is 0 Å². The molecule has 0 radical (unpaired) electrons. The molecule has 1 heterocycles. The van der Waals surface area contributed by atoms with E-state index in [-0.39, 0.29) is 0 Å². The van der Waals surface area contributed by atoms with E-state index < -0.39 is 29.7 Å². The summed E-state index contributed by atoms with van der Waals surface area (Å²) in [5, 5.41) is 0. The molecule has 0 saturated carbocycles. The minimum Gasteiger partial charge on any atom is -0.393 e. The number of esters is 2. The minimum absolute atomic E-state index is 0.437. The molecule has 4 heteroatoms. The third-order valence-electron chi connectivity index (χ3n) is 2.53. The number of aldehydes is 1. The Kier molecular flexibility index (Phi) is 1.76. The van der Waals surface area contributed by atoms with Gasteiger partial charge >= 0.3 is 11.9 Å². The van der Waals surface area contributed by atoms with Crippen LogP contribution in [0.3, 0.4) is 0 Å². The fourth-order valence-corrected chi connectivity index (χ4v) is 1.85. The van der Waals surface area contributed by atoms with Gasteiger partial charge in [0.1, 0.15) is 6.29 Å². The van der Waals surface area contributed by atoms with Crippen LogP contribution >= 0.6 is 0 Å². The third kappa shape index (κ3) is 1.09. The monoisotopic (exact) mass is 180 g/mol. The Hall–Kier alpha value is -1.45. The summed E-state index contributed by atoms with van der Waals surface area (Å²) in [6.07, 6.45) is 4.60. The van der Waals surface area contributed by atoms with Gasteiger partial charge in [0.25, 0.3) is 0 Å². The molecule has 13 heavy (non-hydrogen) atoms. The van der Waals surface area contributed by atoms with Gasteiger partial charge in [-0.05, 0) is 6.42 Å². The highest BCUT2D eigenvalue weighted by Crippen LogP contribution is 2.35. The van der Waals surface area contributed by atoms with E-state index in [1.165, 1.54) is 0 Å². The third-order valence-corrected chi connectivity index (χ3v) is 2.53. The molecule has 2 rings (SSSR count). The summed E-state index contributed by atoms with van der Waals surface area (Å²) in [5.41, 5.74) is 0. The maximum atomic E-state index is 11.2. The Morgan fingerprint density at radius 2 is 2.15 bits per heavy atom. The molecule has 1 aliphatic carbocycles. The second-order valence-corrected chi connectivity index (χ2v) is 3.25. The summed E-state index contributed by atoms with van der Waals surface area (Å²) < 4.78 is 4.46. The van der Waals surface area contributed by atoms with Crippen molar-refractivity contribution in [1.82, 2.24) is 0 Å². The number of ether oxygens (including phenoxy) is 1. The summed E-state index contributed by atoms with van der Waals surface area (Å²) in [7, 11) is 0. The summed E-state index contributed by atoms with van der Waals surface area (Å²) in [5.74, 6) is -2.55. The molecule has 1 saturated heterocycles. The van der Waals surface area contributed by atoms with Gasteiger partial charge in [0.2, 0.25) is 0 Å². The zero-order chi connectivity index (χ0) is 9.42. The average Bonchev–Trinajstić information content (AvgIpc) is 2.43. The average molecular weight is 180 g/mol. The molecule has 0 bridgehead atoms. The van der Waals surface area contributed by atoms with Crippen molar-refractivity contribution < 1.29 is 19.1 Å². The quantitative estimate of drug-likeness (QED) is 0.248. The fraction of sp³-hybridized carbons (Fsp3) is 0.444. The molecule has 0 amide bonds. The van der Waals surface area contributed by atoms with E-state index in [0.717, 1.165) is 0 Å². The maximum Gasteiger partial charge on any atom is 0.318 e. The molecule has 0 aromatic carbocycles. The number of cyclic esters (lactones) is 2. The lowest BCUT2D eigenvalue weighted by molar-refractivity contribution is -0.154.